The molecule has 0 spiro atoms. The van der Waals surface area contributed by atoms with Gasteiger partial charge in [0.2, 0.25) is 0 Å². The Labute approximate surface area is 147 Å². The molecule has 1 aliphatic heterocycles. The standard InChI is InChI=1S/C16H28N4OS2/c1-5-17-15(20(3)10-14-11-23-13(2)19-14)18-12-16(22-4)6-8-21-9-7-16/h11H,5-10,12H2,1-4H3,(H,17,18). The van der Waals surface area contributed by atoms with E-state index >= 15 is 0 Å². The van der Waals surface area contributed by atoms with Gasteiger partial charge in [0.05, 0.1) is 23.8 Å². The van der Waals surface area contributed by atoms with E-state index in [1.54, 1.807) is 11.3 Å². The Morgan fingerprint density at radius 1 is 1.52 bits per heavy atom. The summed E-state index contributed by atoms with van der Waals surface area (Å²) < 4.78 is 5.73. The number of guanidine groups is 1. The highest BCUT2D eigenvalue weighted by Crippen LogP contribution is 2.34. The van der Waals surface area contributed by atoms with E-state index in [1.165, 1.54) is 0 Å². The summed E-state index contributed by atoms with van der Waals surface area (Å²) in [4.78, 5) is 11.6. The van der Waals surface area contributed by atoms with Gasteiger partial charge in [0.1, 0.15) is 0 Å². The molecule has 5 nitrogen and oxygen atoms in total. The van der Waals surface area contributed by atoms with Crippen molar-refractivity contribution in [2.75, 3.05) is 39.6 Å². The van der Waals surface area contributed by atoms with Crippen LogP contribution in [0.25, 0.3) is 0 Å². The molecule has 0 unspecified atom stereocenters. The minimum absolute atomic E-state index is 0.219. The maximum Gasteiger partial charge on any atom is 0.194 e. The van der Waals surface area contributed by atoms with Gasteiger partial charge in [-0.15, -0.1) is 11.3 Å². The van der Waals surface area contributed by atoms with E-state index in [1.807, 2.05) is 18.7 Å². The van der Waals surface area contributed by atoms with Gasteiger partial charge in [-0.3, -0.25) is 4.99 Å². The fourth-order valence-electron chi connectivity index (χ4n) is 2.66. The number of aliphatic imine (C=N–C) groups is 1. The number of thioether (sulfide) groups is 1. The van der Waals surface area contributed by atoms with Crippen LogP contribution in [0, 0.1) is 6.92 Å². The second-order valence-electron chi connectivity index (χ2n) is 5.88. The van der Waals surface area contributed by atoms with Crippen molar-refractivity contribution in [3.8, 4) is 0 Å². The lowest BCUT2D eigenvalue weighted by Gasteiger charge is -2.34. The SMILES string of the molecule is CCNC(=NCC1(SC)CCOCC1)N(C)Cc1csc(C)n1. The number of aromatic nitrogens is 1. The van der Waals surface area contributed by atoms with E-state index in [9.17, 15) is 0 Å². The molecule has 0 atom stereocenters. The van der Waals surface area contributed by atoms with Crippen molar-refractivity contribution in [1.29, 1.82) is 0 Å². The zero-order chi connectivity index (χ0) is 16.7. The molecule has 1 N–H and O–H groups in total. The molecule has 0 amide bonds. The average molecular weight is 357 g/mol. The van der Waals surface area contributed by atoms with Crippen molar-refractivity contribution in [3.05, 3.63) is 16.1 Å². The van der Waals surface area contributed by atoms with E-state index < -0.39 is 0 Å². The lowest BCUT2D eigenvalue weighted by atomic mass is 9.99. The first-order chi connectivity index (χ1) is 11.1. The molecule has 0 radical (unpaired) electrons. The van der Waals surface area contributed by atoms with Crippen molar-refractivity contribution in [1.82, 2.24) is 15.2 Å². The number of aryl methyl sites for hydroxylation is 1. The molecule has 1 aromatic rings. The molecule has 1 fully saturated rings. The molecule has 1 aliphatic rings. The van der Waals surface area contributed by atoms with E-state index in [2.05, 4.69) is 40.8 Å². The largest absolute Gasteiger partial charge is 0.381 e. The zero-order valence-corrected chi connectivity index (χ0v) is 16.2. The van der Waals surface area contributed by atoms with Crippen LogP contribution in [0.2, 0.25) is 0 Å². The molecular formula is C16H28N4OS2. The Morgan fingerprint density at radius 3 is 2.83 bits per heavy atom. The molecule has 2 rings (SSSR count). The minimum atomic E-state index is 0.219. The van der Waals surface area contributed by atoms with Crippen LogP contribution in [-0.4, -0.2) is 60.2 Å². The second-order valence-corrected chi connectivity index (χ2v) is 8.22. The van der Waals surface area contributed by atoms with Crippen molar-refractivity contribution >= 4 is 29.1 Å². The Kier molecular flexibility index (Phi) is 7.17. The third-order valence-corrected chi connectivity index (χ3v) is 6.34. The van der Waals surface area contributed by atoms with Gasteiger partial charge < -0.3 is 15.0 Å². The molecule has 130 valence electrons. The summed E-state index contributed by atoms with van der Waals surface area (Å²) in [7, 11) is 2.08. The predicted molar refractivity (Wildman–Crippen MR) is 101 cm³/mol. The first-order valence-electron chi connectivity index (χ1n) is 8.12. The summed E-state index contributed by atoms with van der Waals surface area (Å²) in [6.45, 7) is 8.33. The minimum Gasteiger partial charge on any atom is -0.381 e. The number of nitrogens with one attached hydrogen (secondary N) is 1. The normalized spacial score (nSPS) is 18.0. The van der Waals surface area contributed by atoms with Crippen molar-refractivity contribution in [2.24, 2.45) is 4.99 Å². The van der Waals surface area contributed by atoms with E-state index in [-0.39, 0.29) is 4.75 Å². The van der Waals surface area contributed by atoms with Crippen LogP contribution in [-0.2, 0) is 11.3 Å². The van der Waals surface area contributed by atoms with Crippen LogP contribution in [0.15, 0.2) is 10.4 Å². The van der Waals surface area contributed by atoms with Crippen LogP contribution >= 0.6 is 23.1 Å². The number of hydrogen-bond donors (Lipinski definition) is 1. The van der Waals surface area contributed by atoms with E-state index in [4.69, 9.17) is 9.73 Å². The lowest BCUT2D eigenvalue weighted by Crippen LogP contribution is -2.41. The van der Waals surface area contributed by atoms with Gasteiger partial charge in [-0.05, 0) is 32.9 Å². The molecule has 23 heavy (non-hydrogen) atoms. The Hall–Kier alpha value is -0.790. The summed E-state index contributed by atoms with van der Waals surface area (Å²) >= 11 is 3.62. The van der Waals surface area contributed by atoms with Crippen molar-refractivity contribution < 1.29 is 4.74 Å². The molecule has 1 saturated heterocycles. The van der Waals surface area contributed by atoms with Gasteiger partial charge in [-0.1, -0.05) is 0 Å². The smallest absolute Gasteiger partial charge is 0.194 e. The zero-order valence-electron chi connectivity index (χ0n) is 14.6. The first-order valence-corrected chi connectivity index (χ1v) is 10.2. The van der Waals surface area contributed by atoms with Crippen LogP contribution in [0.5, 0.6) is 0 Å². The van der Waals surface area contributed by atoms with Gasteiger partial charge in [0.15, 0.2) is 5.96 Å². The molecule has 0 saturated carbocycles. The highest BCUT2D eigenvalue weighted by Gasteiger charge is 2.31. The van der Waals surface area contributed by atoms with E-state index in [0.717, 1.165) is 62.4 Å². The number of nitrogens with zero attached hydrogens (tertiary/aromatic N) is 3. The summed E-state index contributed by atoms with van der Waals surface area (Å²) in [5.74, 6) is 0.957. The second kappa shape index (κ2) is 8.89. The highest BCUT2D eigenvalue weighted by atomic mass is 32.2. The lowest BCUT2D eigenvalue weighted by molar-refractivity contribution is 0.0793. The average Bonchev–Trinajstić information content (AvgIpc) is 2.97. The molecular weight excluding hydrogens is 328 g/mol. The topological polar surface area (TPSA) is 49.8 Å². The van der Waals surface area contributed by atoms with Crippen LogP contribution in [0.4, 0.5) is 0 Å². The van der Waals surface area contributed by atoms with Crippen LogP contribution < -0.4 is 5.32 Å². The molecule has 2 heterocycles. The molecule has 1 aromatic heterocycles. The van der Waals surface area contributed by atoms with Crippen LogP contribution in [0.3, 0.4) is 0 Å². The van der Waals surface area contributed by atoms with Gasteiger partial charge in [0, 0.05) is 36.9 Å². The number of ether oxygens (including phenoxy) is 1. The quantitative estimate of drug-likeness (QED) is 0.627. The third kappa shape index (κ3) is 5.36. The van der Waals surface area contributed by atoms with Gasteiger partial charge in [0.25, 0.3) is 0 Å². The third-order valence-electron chi connectivity index (χ3n) is 4.12. The number of hydrogen-bond acceptors (Lipinski definition) is 5. The van der Waals surface area contributed by atoms with Crippen molar-refractivity contribution in [3.63, 3.8) is 0 Å². The van der Waals surface area contributed by atoms with Gasteiger partial charge in [-0.25, -0.2) is 4.98 Å². The molecule has 7 heteroatoms. The van der Waals surface area contributed by atoms with Gasteiger partial charge in [-0.2, -0.15) is 11.8 Å². The Balaban J connectivity index is 2.03. The fourth-order valence-corrected chi connectivity index (χ4v) is 4.03. The molecule has 0 bridgehead atoms. The Bertz CT molecular complexity index is 512. The maximum absolute atomic E-state index is 5.51. The molecule has 0 aliphatic carbocycles. The summed E-state index contributed by atoms with van der Waals surface area (Å²) in [5.41, 5.74) is 1.10. The summed E-state index contributed by atoms with van der Waals surface area (Å²) in [5, 5.41) is 6.63. The van der Waals surface area contributed by atoms with Crippen molar-refractivity contribution in [2.45, 2.75) is 38.0 Å². The number of thiazole rings is 1. The number of rotatable bonds is 6. The van der Waals surface area contributed by atoms with E-state index in [0.29, 0.717) is 0 Å². The first kappa shape index (κ1) is 18.5. The highest BCUT2D eigenvalue weighted by molar-refractivity contribution is 8.00. The fraction of sp³-hybridized carbons (Fsp3) is 0.750. The maximum atomic E-state index is 5.51. The van der Waals surface area contributed by atoms with Gasteiger partial charge >= 0.3 is 0 Å². The summed E-state index contributed by atoms with van der Waals surface area (Å²) in [6, 6.07) is 0. The Morgan fingerprint density at radius 2 is 2.26 bits per heavy atom. The monoisotopic (exact) mass is 356 g/mol. The molecule has 0 aromatic carbocycles. The predicted octanol–water partition coefficient (Wildman–Crippen LogP) is 2.76. The van der Waals surface area contributed by atoms with Crippen LogP contribution in [0.1, 0.15) is 30.5 Å². The summed E-state index contributed by atoms with van der Waals surface area (Å²) in [6.07, 6.45) is 4.34.